The molecule has 0 radical (unpaired) electrons. The number of fused-ring (bicyclic) bond motifs is 3. The van der Waals surface area contributed by atoms with Gasteiger partial charge in [0.2, 0.25) is 11.7 Å². The molecule has 4 aliphatic heterocycles. The Kier molecular flexibility index (Phi) is 6.41. The smallest absolute Gasteiger partial charge is 0.464 e. The average Bonchev–Trinajstić information content (AvgIpc) is 3.13. The third-order valence-electron chi connectivity index (χ3n) is 9.39. The van der Waals surface area contributed by atoms with Gasteiger partial charge in [-0.15, -0.1) is 0 Å². The largest absolute Gasteiger partial charge is 0.475 e. The van der Waals surface area contributed by atoms with Gasteiger partial charge in [-0.1, -0.05) is 32.0 Å². The molecular formula is C27H36BNO8. The van der Waals surface area contributed by atoms with Gasteiger partial charge in [-0.2, -0.15) is 0 Å². The maximum atomic E-state index is 13.2. The van der Waals surface area contributed by atoms with Crippen molar-refractivity contribution in [2.75, 3.05) is 0 Å². The van der Waals surface area contributed by atoms with E-state index in [0.29, 0.717) is 11.5 Å². The Morgan fingerprint density at radius 2 is 1.97 bits per heavy atom. The van der Waals surface area contributed by atoms with E-state index in [2.05, 4.69) is 19.2 Å². The lowest BCUT2D eigenvalue weighted by molar-refractivity contribution is -0.570. The lowest BCUT2D eigenvalue weighted by Gasteiger charge is -2.60. The molecule has 1 aromatic carbocycles. The highest BCUT2D eigenvalue weighted by molar-refractivity contribution is 6.43. The van der Waals surface area contributed by atoms with E-state index in [4.69, 9.17) is 23.7 Å². The van der Waals surface area contributed by atoms with Crippen LogP contribution in [0.5, 0.6) is 0 Å². The van der Waals surface area contributed by atoms with E-state index in [1.165, 1.54) is 0 Å². The Balaban J connectivity index is 1.18. The molecule has 1 aliphatic carbocycles. The maximum Gasteiger partial charge on any atom is 0.475 e. The quantitative estimate of drug-likeness (QED) is 0.398. The standard InChI is InChI=1S/C27H36BNO8/c1-15-8-9-20-16(2)22(34-25-27(20)19(15)10-11-26(3,35-25)36-37-27)13-24(30)29-23(28(31)32)12-17-14-33-21-7-5-4-6-18(17)21/h4-7,14-16,19-20,22-23,25,31-32H,8-13H2,1-3H3,(H,29,30)/t15-,16-,19+,20+,22-,23+,25-,26?,27-/m1/s1. The lowest BCUT2D eigenvalue weighted by atomic mass is 9.57. The van der Waals surface area contributed by atoms with Crippen molar-refractivity contribution in [2.24, 2.45) is 23.7 Å². The summed E-state index contributed by atoms with van der Waals surface area (Å²) < 4.78 is 18.5. The Morgan fingerprint density at radius 1 is 1.16 bits per heavy atom. The molecule has 5 aliphatic rings. The molecule has 10 heteroatoms. The van der Waals surface area contributed by atoms with Gasteiger partial charge in [0.15, 0.2) is 11.9 Å². The Morgan fingerprint density at radius 3 is 2.78 bits per heavy atom. The van der Waals surface area contributed by atoms with Gasteiger partial charge in [0, 0.05) is 17.7 Å². The van der Waals surface area contributed by atoms with Crippen molar-refractivity contribution in [3.63, 3.8) is 0 Å². The van der Waals surface area contributed by atoms with Crippen molar-refractivity contribution in [1.29, 1.82) is 0 Å². The molecule has 4 saturated heterocycles. The molecule has 1 unspecified atom stereocenters. The van der Waals surface area contributed by atoms with Crippen molar-refractivity contribution >= 4 is 24.0 Å². The number of carbonyl (C=O) groups excluding carboxylic acids is 1. The van der Waals surface area contributed by atoms with Crippen molar-refractivity contribution in [3.05, 3.63) is 36.1 Å². The van der Waals surface area contributed by atoms with Crippen LogP contribution in [0.25, 0.3) is 11.0 Å². The number of carbonyl (C=O) groups is 1. The van der Waals surface area contributed by atoms with Crippen molar-refractivity contribution < 1.29 is 38.5 Å². The van der Waals surface area contributed by atoms with E-state index in [1.54, 1.807) is 6.26 Å². The van der Waals surface area contributed by atoms with E-state index < -0.39 is 36.8 Å². The highest BCUT2D eigenvalue weighted by Gasteiger charge is 2.69. The summed E-state index contributed by atoms with van der Waals surface area (Å²) in [5, 5.41) is 23.8. The second-order valence-corrected chi connectivity index (χ2v) is 11.7. The summed E-state index contributed by atoms with van der Waals surface area (Å²) in [5.74, 6) is -1.18. The minimum absolute atomic E-state index is 0.0296. The molecule has 2 aromatic rings. The van der Waals surface area contributed by atoms with Crippen LogP contribution in [0.2, 0.25) is 0 Å². The second kappa shape index (κ2) is 9.36. The first-order valence-electron chi connectivity index (χ1n) is 13.5. The van der Waals surface area contributed by atoms with E-state index in [9.17, 15) is 14.8 Å². The fraction of sp³-hybridized carbons (Fsp3) is 0.667. The molecule has 1 aromatic heterocycles. The molecule has 3 N–H and O–H groups in total. The van der Waals surface area contributed by atoms with Gasteiger partial charge in [0.05, 0.1) is 24.7 Å². The van der Waals surface area contributed by atoms with E-state index >= 15 is 0 Å². The van der Waals surface area contributed by atoms with Crippen LogP contribution in [0.4, 0.5) is 0 Å². The predicted octanol–water partition coefficient (Wildman–Crippen LogP) is 3.11. The number of rotatable bonds is 6. The normalized spacial score (nSPS) is 39.6. The van der Waals surface area contributed by atoms with Gasteiger partial charge in [-0.25, -0.2) is 9.78 Å². The third-order valence-corrected chi connectivity index (χ3v) is 9.39. The number of nitrogens with one attached hydrogen (secondary N) is 1. The first-order valence-corrected chi connectivity index (χ1v) is 13.5. The number of benzene rings is 1. The van der Waals surface area contributed by atoms with Crippen molar-refractivity contribution in [2.45, 2.75) is 89.0 Å². The molecule has 200 valence electrons. The summed E-state index contributed by atoms with van der Waals surface area (Å²) in [5.41, 5.74) is 0.839. The maximum absolute atomic E-state index is 13.2. The first kappa shape index (κ1) is 25.3. The molecule has 1 amide bonds. The summed E-state index contributed by atoms with van der Waals surface area (Å²) in [6.45, 7) is 6.26. The summed E-state index contributed by atoms with van der Waals surface area (Å²) in [7, 11) is -1.72. The fourth-order valence-electron chi connectivity index (χ4n) is 7.32. The van der Waals surface area contributed by atoms with Crippen molar-refractivity contribution in [3.8, 4) is 0 Å². The average molecular weight is 513 g/mol. The zero-order chi connectivity index (χ0) is 25.9. The van der Waals surface area contributed by atoms with Gasteiger partial charge in [-0.3, -0.25) is 4.79 Å². The zero-order valence-corrected chi connectivity index (χ0v) is 21.6. The Hall–Kier alpha value is -1.95. The number of hydrogen-bond acceptors (Lipinski definition) is 8. The number of amides is 1. The van der Waals surface area contributed by atoms with Crippen LogP contribution >= 0.6 is 0 Å². The van der Waals surface area contributed by atoms with Crippen LogP contribution < -0.4 is 5.32 Å². The molecule has 1 saturated carbocycles. The molecule has 2 bridgehead atoms. The summed E-state index contributed by atoms with van der Waals surface area (Å²) in [4.78, 5) is 25.2. The van der Waals surface area contributed by atoms with Crippen molar-refractivity contribution in [1.82, 2.24) is 5.32 Å². The molecule has 1 spiro atoms. The highest BCUT2D eigenvalue weighted by atomic mass is 17.3. The second-order valence-electron chi connectivity index (χ2n) is 11.7. The summed E-state index contributed by atoms with van der Waals surface area (Å²) in [6, 6.07) is 7.54. The zero-order valence-electron chi connectivity index (χ0n) is 21.6. The molecule has 5 fully saturated rings. The van der Waals surface area contributed by atoms with Crippen LogP contribution in [0.3, 0.4) is 0 Å². The molecule has 37 heavy (non-hydrogen) atoms. The minimum atomic E-state index is -1.72. The molecule has 9 atom stereocenters. The predicted molar refractivity (Wildman–Crippen MR) is 133 cm³/mol. The van der Waals surface area contributed by atoms with Crippen LogP contribution in [-0.4, -0.2) is 52.8 Å². The molecule has 7 rings (SSSR count). The number of ether oxygens (including phenoxy) is 2. The van der Waals surface area contributed by atoms with E-state index in [1.807, 2.05) is 31.2 Å². The Labute approximate surface area is 216 Å². The van der Waals surface area contributed by atoms with Gasteiger partial charge < -0.3 is 29.3 Å². The highest BCUT2D eigenvalue weighted by Crippen LogP contribution is 2.60. The summed E-state index contributed by atoms with van der Waals surface area (Å²) in [6.07, 6.45) is 4.61. The number of hydrogen-bond donors (Lipinski definition) is 3. The van der Waals surface area contributed by atoms with Crippen LogP contribution in [0.15, 0.2) is 34.9 Å². The monoisotopic (exact) mass is 513 g/mol. The van der Waals surface area contributed by atoms with Gasteiger partial charge >= 0.3 is 7.12 Å². The van der Waals surface area contributed by atoms with Crippen LogP contribution in [0, 0.1) is 23.7 Å². The fourth-order valence-corrected chi connectivity index (χ4v) is 7.32. The summed E-state index contributed by atoms with van der Waals surface area (Å²) >= 11 is 0. The number of furan rings is 1. The first-order chi connectivity index (χ1) is 17.7. The SMILES string of the molecule is C[C@H]1[C@@H](CC(=O)N[C@@H](Cc2coc3ccccc23)B(O)O)O[C@@H]2OC3(C)CC[C@H]4[C@H](C)CC[C@@H]1[C@@]24OO3. The minimum Gasteiger partial charge on any atom is -0.464 e. The Bertz CT molecular complexity index is 1160. The topological polar surface area (TPSA) is 120 Å². The van der Waals surface area contributed by atoms with Crippen LogP contribution in [0.1, 0.15) is 58.4 Å². The molecule has 5 heterocycles. The molecular weight excluding hydrogens is 477 g/mol. The third kappa shape index (κ3) is 4.22. The van der Waals surface area contributed by atoms with Gasteiger partial charge in [0.25, 0.3) is 0 Å². The van der Waals surface area contributed by atoms with Crippen LogP contribution in [-0.2, 0) is 30.5 Å². The lowest BCUT2D eigenvalue weighted by Crippen LogP contribution is -2.70. The van der Waals surface area contributed by atoms with E-state index in [0.717, 1.165) is 36.6 Å². The van der Waals surface area contributed by atoms with Gasteiger partial charge in [-0.05, 0) is 62.0 Å². The van der Waals surface area contributed by atoms with E-state index in [-0.39, 0.29) is 36.5 Å². The van der Waals surface area contributed by atoms with Gasteiger partial charge in [0.1, 0.15) is 5.58 Å². The molecule has 9 nitrogen and oxygen atoms in total. The number of para-hydroxylation sites is 1.